The van der Waals surface area contributed by atoms with E-state index < -0.39 is 198 Å². The molecule has 6 aliphatic rings. The molecule has 5 fully saturated rings. The lowest BCUT2D eigenvalue weighted by Gasteiger charge is -2.51. The number of aryl methyl sites for hydroxylation is 2. The van der Waals surface area contributed by atoms with Crippen LogP contribution in [0.5, 0.6) is 0 Å². The first-order valence-electron chi connectivity index (χ1n) is 37.8. The highest BCUT2D eigenvalue weighted by Crippen LogP contribution is 2.43. The van der Waals surface area contributed by atoms with Crippen LogP contribution in [0.2, 0.25) is 0 Å². The number of fused-ring (bicyclic) bond motifs is 3. The van der Waals surface area contributed by atoms with Crippen LogP contribution in [0, 0.1) is 30.4 Å². The van der Waals surface area contributed by atoms with Crippen LogP contribution < -0.4 is 10.6 Å². The second kappa shape index (κ2) is 36.6. The Morgan fingerprint density at radius 2 is 1.29 bits per heavy atom. The third-order valence-corrected chi connectivity index (χ3v) is 23.0. The fourth-order valence-electron chi connectivity index (χ4n) is 16.0. The zero-order chi connectivity index (χ0) is 78.7. The molecule has 2 aromatic carbocycles. The molecule has 12 amide bonds. The Balaban J connectivity index is 1.23. The van der Waals surface area contributed by atoms with Gasteiger partial charge in [0.1, 0.15) is 71.1 Å². The second-order valence-corrected chi connectivity index (χ2v) is 30.1. The van der Waals surface area contributed by atoms with E-state index in [4.69, 9.17) is 4.74 Å². The van der Waals surface area contributed by atoms with Crippen molar-refractivity contribution in [3.8, 4) is 0 Å². The Hall–Kier alpha value is -8.57. The predicted octanol–water partition coefficient (Wildman–Crippen LogP) is 5.66. The topological polar surface area (TPSA) is 271 Å². The summed E-state index contributed by atoms with van der Waals surface area (Å²) in [6.45, 7) is 8.01. The number of benzene rings is 2. The summed E-state index contributed by atoms with van der Waals surface area (Å²) < 4.78 is 78.2. The summed E-state index contributed by atoms with van der Waals surface area (Å²) in [5.41, 5.74) is -2.60. The van der Waals surface area contributed by atoms with Gasteiger partial charge in [0.05, 0.1) is 25.6 Å². The molecule has 590 valence electrons. The summed E-state index contributed by atoms with van der Waals surface area (Å²) in [6.07, 6.45) is 0.897. The van der Waals surface area contributed by atoms with E-state index >= 15 is 42.3 Å². The van der Waals surface area contributed by atoms with Crippen molar-refractivity contribution < 1.29 is 84.2 Å². The maximum atomic E-state index is 15.8. The van der Waals surface area contributed by atoms with Crippen LogP contribution in [-0.2, 0) is 81.3 Å². The van der Waals surface area contributed by atoms with E-state index in [1.165, 1.54) is 78.7 Å². The number of halogens is 5. The van der Waals surface area contributed by atoms with Gasteiger partial charge in [-0.05, 0) is 126 Å². The van der Waals surface area contributed by atoms with Crippen molar-refractivity contribution in [3.63, 3.8) is 0 Å². The Labute approximate surface area is 624 Å². The molecule has 4 aliphatic heterocycles. The lowest BCUT2D eigenvalue weighted by atomic mass is 9.73. The Morgan fingerprint density at radius 1 is 0.654 bits per heavy atom. The van der Waals surface area contributed by atoms with Gasteiger partial charge in [-0.25, -0.2) is 8.78 Å². The summed E-state index contributed by atoms with van der Waals surface area (Å²) in [5.74, 6) is -13.4. The van der Waals surface area contributed by atoms with Crippen LogP contribution >= 0.6 is 0 Å². The minimum absolute atomic E-state index is 0.0289. The van der Waals surface area contributed by atoms with Gasteiger partial charge in [-0.3, -0.25) is 57.5 Å². The number of amides is 12. The van der Waals surface area contributed by atoms with Gasteiger partial charge in [0.25, 0.3) is 0 Å². The molecule has 2 saturated carbocycles. The molecule has 0 aromatic heterocycles. The van der Waals surface area contributed by atoms with Crippen LogP contribution in [0.4, 0.5) is 22.0 Å². The Bertz CT molecular complexity index is 3600. The minimum atomic E-state index is -5.41. The first-order valence-corrected chi connectivity index (χ1v) is 37.8. The van der Waals surface area contributed by atoms with Gasteiger partial charge in [0, 0.05) is 95.0 Å². The average Bonchev–Trinajstić information content (AvgIpc) is 1.68. The highest BCUT2D eigenvalue weighted by molar-refractivity contribution is 6.01. The highest BCUT2D eigenvalue weighted by atomic mass is 19.4. The van der Waals surface area contributed by atoms with Crippen molar-refractivity contribution in [2.24, 2.45) is 11.8 Å². The third kappa shape index (κ3) is 19.3. The quantitative estimate of drug-likeness (QED) is 0.181. The normalized spacial score (nSPS) is 26.9. The molecule has 25 nitrogen and oxygen atoms in total. The molecule has 8 rings (SSSR count). The van der Waals surface area contributed by atoms with Gasteiger partial charge in [-0.1, -0.05) is 88.4 Å². The van der Waals surface area contributed by atoms with Crippen molar-refractivity contribution in [1.82, 2.24) is 59.6 Å². The number of likely N-dealkylation sites (N-methyl/N-ethyl adjacent to an activating group) is 7. The zero-order valence-electron chi connectivity index (χ0n) is 64.0. The Kier molecular flexibility index (Phi) is 28.7. The smallest absolute Gasteiger partial charge is 0.377 e. The molecule has 107 heavy (non-hydrogen) atoms. The molecule has 10 atom stereocenters. The van der Waals surface area contributed by atoms with Crippen molar-refractivity contribution >= 4 is 70.9 Å². The molecule has 2 N–H and O–H groups in total. The standard InChI is InChI=1S/C77H109F5N12O13/c1-13-24-56-67(98)84-65(48(5)14-2)73(104)86(7)46-63(97)88(9)57-27-17-16-20-38-93(72(57)103)59(41-49-30-28-47(4)29-31-49)69(100)85(6)45-61(95)83-55(33-32-50-39-53(78)64(54(79)40-50)77(80,81)82)68(99)94-44-52(107-15-3)42-60(94)70(101)91(12)76(34-23-35-76)75(106)90(11)66(51-25-18-19-26-51)74(105)89(10)58(43-62(96)87(56)8)71(102)92-36-21-22-37-92/h16-17,28-31,39-40,48,51-52,55-60,65-66H,13-15,18-27,32-38,41-46H2,1-12H3,(H,83,95)(H,84,98)/b17-16-/t48-,52+,55-,56-,57+,58-,59-,60-,65-,66-/m0/s1. The molecular formula is C77H109F5N12O13. The van der Waals surface area contributed by atoms with Crippen molar-refractivity contribution in [2.45, 2.75) is 223 Å². The number of hydrogen-bond acceptors (Lipinski definition) is 13. The molecule has 2 bridgehead atoms. The van der Waals surface area contributed by atoms with E-state index in [0.29, 0.717) is 88.6 Å². The van der Waals surface area contributed by atoms with Crippen LogP contribution in [0.1, 0.15) is 159 Å². The monoisotopic (exact) mass is 1500 g/mol. The lowest BCUT2D eigenvalue weighted by Crippen LogP contribution is -2.68. The fraction of sp³-hybridized carbons (Fsp3) is 0.662. The van der Waals surface area contributed by atoms with Gasteiger partial charge in [0.15, 0.2) is 0 Å². The maximum Gasteiger partial charge on any atom is 0.422 e. The summed E-state index contributed by atoms with van der Waals surface area (Å²) in [5, 5.41) is 5.55. The van der Waals surface area contributed by atoms with Gasteiger partial charge in [0.2, 0.25) is 70.9 Å². The van der Waals surface area contributed by atoms with E-state index in [9.17, 15) is 37.1 Å². The van der Waals surface area contributed by atoms with Gasteiger partial charge in [-0.15, -0.1) is 0 Å². The molecule has 0 radical (unpaired) electrons. The number of nitrogens with zero attached hydrogens (tertiary/aromatic N) is 10. The van der Waals surface area contributed by atoms with Gasteiger partial charge in [-0.2, -0.15) is 13.2 Å². The van der Waals surface area contributed by atoms with Crippen LogP contribution in [-0.4, -0.2) is 275 Å². The van der Waals surface area contributed by atoms with Crippen LogP contribution in [0.15, 0.2) is 48.6 Å². The molecule has 30 heteroatoms. The molecule has 1 spiro atoms. The molecule has 0 unspecified atom stereocenters. The summed E-state index contributed by atoms with van der Waals surface area (Å²) in [4.78, 5) is 195. The first-order chi connectivity index (χ1) is 50.6. The maximum absolute atomic E-state index is 15.8. The fourth-order valence-corrected chi connectivity index (χ4v) is 16.0. The number of likely N-dealkylation sites (tertiary alicyclic amines) is 1. The number of nitrogens with one attached hydrogen (secondary N) is 2. The summed E-state index contributed by atoms with van der Waals surface area (Å²) in [6, 6.07) is -2.79. The molecule has 2 aromatic rings. The lowest BCUT2D eigenvalue weighted by molar-refractivity contribution is -0.166. The minimum Gasteiger partial charge on any atom is -0.377 e. The third-order valence-electron chi connectivity index (χ3n) is 23.0. The molecule has 2 aliphatic carbocycles. The van der Waals surface area contributed by atoms with Crippen LogP contribution in [0.3, 0.4) is 0 Å². The van der Waals surface area contributed by atoms with E-state index in [1.807, 2.05) is 32.9 Å². The number of hydrogen-bond donors (Lipinski definition) is 2. The number of alkyl halides is 3. The van der Waals surface area contributed by atoms with Crippen LogP contribution in [0.25, 0.3) is 0 Å². The van der Waals surface area contributed by atoms with Crippen molar-refractivity contribution in [1.29, 1.82) is 0 Å². The molecule has 3 saturated heterocycles. The largest absolute Gasteiger partial charge is 0.422 e. The van der Waals surface area contributed by atoms with E-state index in [0.717, 1.165) is 20.3 Å². The molecular weight excluding hydrogens is 1400 g/mol. The number of ether oxygens (including phenoxy) is 1. The SMILES string of the molecule is CCC[C@H]1C(=O)N[C@@H]([C@@H](C)CC)C(=O)N(C)CC(=O)N(C)[C@@H]2C/C=C\CCN(C2=O)[C@@H](Cc2ccc(C)cc2)C(=O)N(C)CC(=O)N[C@@H](CCc2cc(F)c(C(F)(F)F)c(F)c2)C(=O)N2C[C@H](OCC)C[C@H]2C(=O)N(C)C2(CCC2)C(=O)N(C)[C@@H](C2CCCC2)C(=O)N(C)[C@H](C(=O)N2CCCC2)CC(=O)N1C. The van der Waals surface area contributed by atoms with Crippen molar-refractivity contribution in [2.75, 3.05) is 95.2 Å². The second-order valence-electron chi connectivity index (χ2n) is 30.1. The number of rotatable bonds is 13. The number of carbonyl (C=O) groups excluding carboxylic acids is 12. The summed E-state index contributed by atoms with van der Waals surface area (Å²) >= 11 is 0. The average molecular weight is 1510 g/mol. The predicted molar refractivity (Wildman–Crippen MR) is 385 cm³/mol. The Morgan fingerprint density at radius 3 is 1.88 bits per heavy atom. The van der Waals surface area contributed by atoms with Gasteiger partial charge >= 0.3 is 6.18 Å². The number of carbonyl (C=O) groups is 12. The van der Waals surface area contributed by atoms with Gasteiger partial charge < -0.3 is 64.4 Å². The zero-order valence-corrected chi connectivity index (χ0v) is 64.0. The first kappa shape index (κ1) is 84.1. The summed E-state index contributed by atoms with van der Waals surface area (Å²) in [7, 11) is 9.77. The van der Waals surface area contributed by atoms with Crippen molar-refractivity contribution in [3.05, 3.63) is 82.4 Å². The van der Waals surface area contributed by atoms with E-state index in [-0.39, 0.29) is 70.2 Å². The molecule has 4 heterocycles. The van der Waals surface area contributed by atoms with E-state index in [1.54, 1.807) is 43.0 Å². The highest BCUT2D eigenvalue weighted by Gasteiger charge is 2.57. The van der Waals surface area contributed by atoms with E-state index in [2.05, 4.69) is 10.6 Å².